The van der Waals surface area contributed by atoms with Crippen LogP contribution in [0.1, 0.15) is 46.0 Å². The largest absolute Gasteiger partial charge is 0.223 e. The maximum Gasteiger partial charge on any atom is 0.181 e. The van der Waals surface area contributed by atoms with Gasteiger partial charge in [0.1, 0.15) is 0 Å². The van der Waals surface area contributed by atoms with Crippen LogP contribution in [0.5, 0.6) is 0 Å². The first-order chi connectivity index (χ1) is 14.7. The molecule has 4 rings (SSSR count). The molecule has 0 radical (unpaired) electrons. The van der Waals surface area contributed by atoms with Crippen LogP contribution in [0.2, 0.25) is 0 Å². The van der Waals surface area contributed by atoms with E-state index in [1.165, 1.54) is 9.79 Å². The lowest BCUT2D eigenvalue weighted by molar-refractivity contribution is 0.483. The van der Waals surface area contributed by atoms with Crippen molar-refractivity contribution >= 4 is 20.7 Å². The summed E-state index contributed by atoms with van der Waals surface area (Å²) in [5.74, 6) is 0. The van der Waals surface area contributed by atoms with Crippen LogP contribution in [0, 0.1) is 0 Å². The van der Waals surface area contributed by atoms with E-state index in [1.54, 1.807) is 0 Å². The lowest BCUT2D eigenvalue weighted by Gasteiger charge is -2.21. The Morgan fingerprint density at radius 3 is 1.53 bits per heavy atom. The molecule has 4 heteroatoms. The molecule has 0 aromatic heterocycles. The van der Waals surface area contributed by atoms with Gasteiger partial charge in [-0.1, -0.05) is 69.5 Å². The highest BCUT2D eigenvalue weighted by atomic mass is 32.2. The maximum atomic E-state index is 13.0. The predicted octanol–water partition coefficient (Wildman–Crippen LogP) is 6.91. The Hall–Kier alpha value is -2.04. The molecular formula is C26H31O2S2+. The molecule has 1 aliphatic carbocycles. The monoisotopic (exact) mass is 439 g/mol. The smallest absolute Gasteiger partial charge is 0.181 e. The van der Waals surface area contributed by atoms with Crippen LogP contribution < -0.4 is 0 Å². The predicted molar refractivity (Wildman–Crippen MR) is 127 cm³/mol. The fourth-order valence-corrected chi connectivity index (χ4v) is 7.79. The summed E-state index contributed by atoms with van der Waals surface area (Å²) in [4.78, 5) is 4.07. The van der Waals surface area contributed by atoms with Crippen molar-refractivity contribution < 1.29 is 8.42 Å². The van der Waals surface area contributed by atoms with Crippen LogP contribution in [0.4, 0.5) is 0 Å². The van der Waals surface area contributed by atoms with Crippen molar-refractivity contribution in [3.63, 3.8) is 0 Å². The summed E-state index contributed by atoms with van der Waals surface area (Å²) in [5, 5.41) is -0.214. The van der Waals surface area contributed by atoms with Gasteiger partial charge in [-0.3, -0.25) is 0 Å². The van der Waals surface area contributed by atoms with Crippen molar-refractivity contribution in [2.45, 2.75) is 70.8 Å². The summed E-state index contributed by atoms with van der Waals surface area (Å²) >= 11 is 0. The Morgan fingerprint density at radius 2 is 1.07 bits per heavy atom. The molecule has 0 aliphatic heterocycles. The molecule has 0 bridgehead atoms. The zero-order valence-corrected chi connectivity index (χ0v) is 19.5. The van der Waals surface area contributed by atoms with Gasteiger partial charge in [-0.05, 0) is 61.4 Å². The highest BCUT2D eigenvalue weighted by Crippen LogP contribution is 2.33. The Labute approximate surface area is 184 Å². The third-order valence-corrected chi connectivity index (χ3v) is 9.85. The third kappa shape index (κ3) is 5.16. The first kappa shape index (κ1) is 22.6. The summed E-state index contributed by atoms with van der Waals surface area (Å²) in [6, 6.07) is 28.5. The summed E-state index contributed by atoms with van der Waals surface area (Å²) in [7, 11) is -3.48. The molecule has 0 N–H and O–H groups in total. The zero-order valence-electron chi connectivity index (χ0n) is 17.8. The Balaban J connectivity index is 0.00000124. The van der Waals surface area contributed by atoms with E-state index < -0.39 is 9.84 Å². The molecule has 2 nitrogen and oxygen atoms in total. The van der Waals surface area contributed by atoms with E-state index in [0.717, 1.165) is 37.0 Å². The van der Waals surface area contributed by atoms with Crippen molar-refractivity contribution in [2.24, 2.45) is 0 Å². The number of hydrogen-bond acceptors (Lipinski definition) is 2. The average molecular weight is 440 g/mol. The molecule has 1 saturated carbocycles. The highest BCUT2D eigenvalue weighted by molar-refractivity contribution is 7.97. The quantitative estimate of drug-likeness (QED) is 0.405. The molecule has 3 aromatic carbocycles. The standard InChI is InChI=1S/C24H25O2S2.C2H6/c25-28(26,23-14-8-3-9-15-23)24-18-16-22(17-19-24)27(20-10-4-1-5-11-20)21-12-6-2-7-13-21;1-2/h1-2,4-7,10-13,16-19,23H,3,8-9,14-15H2;1-2H3/q+1;. The van der Waals surface area contributed by atoms with Crippen molar-refractivity contribution in [2.75, 3.05) is 0 Å². The van der Waals surface area contributed by atoms with Crippen molar-refractivity contribution in [3.8, 4) is 0 Å². The summed E-state index contributed by atoms with van der Waals surface area (Å²) in [5.41, 5.74) is 0. The first-order valence-electron chi connectivity index (χ1n) is 10.8. The number of rotatable bonds is 5. The number of hydrogen-bond donors (Lipinski definition) is 0. The summed E-state index contributed by atoms with van der Waals surface area (Å²) in [6.07, 6.45) is 4.79. The van der Waals surface area contributed by atoms with E-state index in [0.29, 0.717) is 4.90 Å². The second-order valence-corrected chi connectivity index (χ2v) is 11.5. The fraction of sp³-hybridized carbons (Fsp3) is 0.308. The summed E-state index contributed by atoms with van der Waals surface area (Å²) in [6.45, 7) is 4.00. The van der Waals surface area contributed by atoms with Gasteiger partial charge >= 0.3 is 0 Å². The van der Waals surface area contributed by atoms with Crippen LogP contribution in [0.25, 0.3) is 0 Å². The molecular weight excluding hydrogens is 408 g/mol. The molecule has 1 fully saturated rings. The minimum atomic E-state index is -3.23. The third-order valence-electron chi connectivity index (χ3n) is 5.34. The minimum Gasteiger partial charge on any atom is -0.223 e. The van der Waals surface area contributed by atoms with Gasteiger partial charge in [0.25, 0.3) is 0 Å². The maximum absolute atomic E-state index is 13.0. The molecule has 0 saturated heterocycles. The molecule has 0 spiro atoms. The van der Waals surface area contributed by atoms with Crippen LogP contribution >= 0.6 is 0 Å². The summed E-state index contributed by atoms with van der Waals surface area (Å²) < 4.78 is 26.0. The van der Waals surface area contributed by atoms with Crippen LogP contribution in [-0.4, -0.2) is 13.7 Å². The SMILES string of the molecule is CC.O=S(=O)(c1ccc([S+](c2ccccc2)c2ccccc2)cc1)C1CCCCC1. The van der Waals surface area contributed by atoms with Gasteiger partial charge in [-0.2, -0.15) is 0 Å². The van der Waals surface area contributed by atoms with Gasteiger partial charge in [0.2, 0.25) is 0 Å². The van der Waals surface area contributed by atoms with Gasteiger partial charge < -0.3 is 0 Å². The van der Waals surface area contributed by atoms with E-state index in [2.05, 4.69) is 48.5 Å². The molecule has 30 heavy (non-hydrogen) atoms. The van der Waals surface area contributed by atoms with Crippen LogP contribution in [0.15, 0.2) is 105 Å². The van der Waals surface area contributed by atoms with Crippen LogP contribution in [-0.2, 0) is 20.7 Å². The lowest BCUT2D eigenvalue weighted by atomic mass is 10.0. The van der Waals surface area contributed by atoms with E-state index in [4.69, 9.17) is 0 Å². The van der Waals surface area contributed by atoms with E-state index in [1.807, 2.05) is 50.2 Å². The van der Waals surface area contributed by atoms with Crippen molar-refractivity contribution in [1.29, 1.82) is 0 Å². The fourth-order valence-electron chi connectivity index (χ4n) is 3.85. The van der Waals surface area contributed by atoms with Crippen molar-refractivity contribution in [1.82, 2.24) is 0 Å². The van der Waals surface area contributed by atoms with Gasteiger partial charge in [0, 0.05) is 0 Å². The minimum absolute atomic E-state index is 0.214. The molecule has 3 aromatic rings. The van der Waals surface area contributed by atoms with E-state index in [-0.39, 0.29) is 16.1 Å². The highest BCUT2D eigenvalue weighted by Gasteiger charge is 2.31. The Kier molecular flexibility index (Phi) is 8.17. The molecule has 0 unspecified atom stereocenters. The second-order valence-electron chi connectivity index (χ2n) is 7.21. The zero-order chi connectivity index (χ0) is 21.4. The van der Waals surface area contributed by atoms with Gasteiger partial charge in [-0.25, -0.2) is 8.42 Å². The molecule has 0 heterocycles. The number of sulfone groups is 1. The molecule has 158 valence electrons. The van der Waals surface area contributed by atoms with Gasteiger partial charge in [-0.15, -0.1) is 0 Å². The Morgan fingerprint density at radius 1 is 0.633 bits per heavy atom. The topological polar surface area (TPSA) is 34.1 Å². The molecule has 0 atom stereocenters. The van der Waals surface area contributed by atoms with Gasteiger partial charge in [0.15, 0.2) is 24.5 Å². The van der Waals surface area contributed by atoms with E-state index >= 15 is 0 Å². The number of benzene rings is 3. The molecule has 0 amide bonds. The van der Waals surface area contributed by atoms with Crippen LogP contribution in [0.3, 0.4) is 0 Å². The lowest BCUT2D eigenvalue weighted by Crippen LogP contribution is -2.24. The second kappa shape index (κ2) is 10.8. The van der Waals surface area contributed by atoms with Gasteiger partial charge in [0.05, 0.1) is 21.0 Å². The average Bonchev–Trinajstić information content (AvgIpc) is 2.83. The van der Waals surface area contributed by atoms with E-state index in [9.17, 15) is 8.42 Å². The van der Waals surface area contributed by atoms with Crippen molar-refractivity contribution in [3.05, 3.63) is 84.9 Å². The Bertz CT molecular complexity index is 952. The molecule has 1 aliphatic rings. The normalized spacial score (nSPS) is 14.8. The first-order valence-corrected chi connectivity index (χ1v) is 13.6.